The quantitative estimate of drug-likeness (QED) is 0.521. The average Bonchev–Trinajstić information content (AvgIpc) is 2.27. The van der Waals surface area contributed by atoms with Crippen LogP contribution in [0.25, 0.3) is 0 Å². The summed E-state index contributed by atoms with van der Waals surface area (Å²) >= 11 is 4.81. The topological polar surface area (TPSA) is 70.2 Å². The van der Waals surface area contributed by atoms with Crippen LogP contribution >= 0.6 is 12.2 Å². The zero-order valence-corrected chi connectivity index (χ0v) is 10.1. The summed E-state index contributed by atoms with van der Waals surface area (Å²) < 4.78 is 0. The predicted octanol–water partition coefficient (Wildman–Crippen LogP) is 0.271. The minimum atomic E-state index is -0.287. The summed E-state index contributed by atoms with van der Waals surface area (Å²) in [6.07, 6.45) is 0.239. The average molecular weight is 251 g/mol. The van der Waals surface area contributed by atoms with Gasteiger partial charge >= 0.3 is 0 Å². The Morgan fingerprint density at radius 2 is 1.82 bits per heavy atom. The fourth-order valence-corrected chi connectivity index (χ4v) is 1.29. The van der Waals surface area contributed by atoms with Crippen molar-refractivity contribution in [2.75, 3.05) is 0 Å². The molecule has 0 aliphatic heterocycles. The predicted molar refractivity (Wildman–Crippen MR) is 67.8 cm³/mol. The number of hydrogen-bond donors (Lipinski definition) is 3. The van der Waals surface area contributed by atoms with Crippen LogP contribution in [0.15, 0.2) is 30.3 Å². The molecule has 2 amide bonds. The number of thiocarbonyl (C=S) groups is 1. The Kier molecular flexibility index (Phi) is 5.09. The molecule has 0 saturated heterocycles. The molecule has 1 rings (SSSR count). The second-order valence-corrected chi connectivity index (χ2v) is 3.75. The number of carbonyl (C=O) groups is 2. The van der Waals surface area contributed by atoms with E-state index < -0.39 is 0 Å². The highest BCUT2D eigenvalue weighted by molar-refractivity contribution is 7.80. The van der Waals surface area contributed by atoms with Crippen LogP contribution < -0.4 is 16.2 Å². The van der Waals surface area contributed by atoms with E-state index in [9.17, 15) is 9.59 Å². The lowest BCUT2D eigenvalue weighted by Crippen LogP contribution is -2.48. The Balaban J connectivity index is 2.35. The van der Waals surface area contributed by atoms with E-state index in [1.165, 1.54) is 6.92 Å². The maximum atomic E-state index is 11.5. The summed E-state index contributed by atoms with van der Waals surface area (Å²) in [7, 11) is 0. The van der Waals surface area contributed by atoms with Gasteiger partial charge in [-0.3, -0.25) is 20.4 Å². The molecule has 0 aromatic heterocycles. The Morgan fingerprint density at radius 3 is 2.41 bits per heavy atom. The molecule has 1 aromatic rings. The SMILES string of the molecule is CC(=O)NNC(=S)NC(=O)Cc1ccccc1. The Morgan fingerprint density at radius 1 is 1.18 bits per heavy atom. The van der Waals surface area contributed by atoms with E-state index in [0.717, 1.165) is 5.56 Å². The summed E-state index contributed by atoms with van der Waals surface area (Å²) in [5.41, 5.74) is 5.56. The van der Waals surface area contributed by atoms with Crippen LogP contribution in [-0.2, 0) is 16.0 Å². The maximum absolute atomic E-state index is 11.5. The number of nitrogens with one attached hydrogen (secondary N) is 3. The van der Waals surface area contributed by atoms with Gasteiger partial charge in [0.15, 0.2) is 5.11 Å². The van der Waals surface area contributed by atoms with Crippen LogP contribution in [0.4, 0.5) is 0 Å². The minimum absolute atomic E-state index is 0.0705. The summed E-state index contributed by atoms with van der Waals surface area (Å²) in [5, 5.41) is 2.52. The van der Waals surface area contributed by atoms with Crippen LogP contribution in [-0.4, -0.2) is 16.9 Å². The van der Waals surface area contributed by atoms with Gasteiger partial charge in [0.1, 0.15) is 0 Å². The molecule has 0 aliphatic rings. The molecule has 0 radical (unpaired) electrons. The van der Waals surface area contributed by atoms with Gasteiger partial charge in [0.05, 0.1) is 6.42 Å². The van der Waals surface area contributed by atoms with Crippen LogP contribution in [0.1, 0.15) is 12.5 Å². The first-order valence-electron chi connectivity index (χ1n) is 4.98. The number of amides is 2. The third-order valence-corrected chi connectivity index (χ3v) is 2.02. The monoisotopic (exact) mass is 251 g/mol. The van der Waals surface area contributed by atoms with E-state index in [1.807, 2.05) is 30.3 Å². The smallest absolute Gasteiger partial charge is 0.235 e. The van der Waals surface area contributed by atoms with Crippen molar-refractivity contribution in [3.05, 3.63) is 35.9 Å². The second kappa shape index (κ2) is 6.59. The van der Waals surface area contributed by atoms with Gasteiger partial charge in [-0.05, 0) is 17.8 Å². The highest BCUT2D eigenvalue weighted by atomic mass is 32.1. The van der Waals surface area contributed by atoms with Crippen LogP contribution in [0.2, 0.25) is 0 Å². The van der Waals surface area contributed by atoms with E-state index in [4.69, 9.17) is 12.2 Å². The third kappa shape index (κ3) is 5.62. The van der Waals surface area contributed by atoms with Crippen LogP contribution in [0.3, 0.4) is 0 Å². The number of carbonyl (C=O) groups excluding carboxylic acids is 2. The Hall–Kier alpha value is -1.95. The zero-order chi connectivity index (χ0) is 12.7. The van der Waals surface area contributed by atoms with Gasteiger partial charge in [-0.15, -0.1) is 0 Å². The minimum Gasteiger partial charge on any atom is -0.302 e. The maximum Gasteiger partial charge on any atom is 0.235 e. The zero-order valence-electron chi connectivity index (χ0n) is 9.32. The Bertz CT molecular complexity index is 420. The molecule has 0 spiro atoms. The van der Waals surface area contributed by atoms with Crippen molar-refractivity contribution in [1.82, 2.24) is 16.2 Å². The molecule has 5 nitrogen and oxygen atoms in total. The van der Waals surface area contributed by atoms with E-state index in [-0.39, 0.29) is 23.3 Å². The molecule has 0 saturated carbocycles. The molecule has 0 heterocycles. The first-order valence-corrected chi connectivity index (χ1v) is 5.39. The molecule has 0 aliphatic carbocycles. The number of benzene rings is 1. The molecule has 6 heteroatoms. The number of hydrogen-bond acceptors (Lipinski definition) is 3. The summed E-state index contributed by atoms with van der Waals surface area (Å²) in [5.74, 6) is -0.524. The fourth-order valence-electron chi connectivity index (χ4n) is 1.13. The molecule has 0 fully saturated rings. The molecule has 17 heavy (non-hydrogen) atoms. The highest BCUT2D eigenvalue weighted by Gasteiger charge is 2.05. The molecule has 3 N–H and O–H groups in total. The summed E-state index contributed by atoms with van der Waals surface area (Å²) in [6, 6.07) is 9.30. The summed E-state index contributed by atoms with van der Waals surface area (Å²) in [4.78, 5) is 22.1. The van der Waals surface area contributed by atoms with Gasteiger partial charge in [-0.1, -0.05) is 30.3 Å². The van der Waals surface area contributed by atoms with E-state index >= 15 is 0 Å². The van der Waals surface area contributed by atoms with Gasteiger partial charge in [0, 0.05) is 6.92 Å². The normalized spacial score (nSPS) is 9.24. The lowest BCUT2D eigenvalue weighted by Gasteiger charge is -2.09. The summed E-state index contributed by atoms with van der Waals surface area (Å²) in [6.45, 7) is 1.33. The first kappa shape index (κ1) is 13.1. The van der Waals surface area contributed by atoms with Crippen LogP contribution in [0, 0.1) is 0 Å². The van der Waals surface area contributed by atoms with Crippen molar-refractivity contribution in [1.29, 1.82) is 0 Å². The van der Waals surface area contributed by atoms with Crippen molar-refractivity contribution in [3.63, 3.8) is 0 Å². The fraction of sp³-hybridized carbons (Fsp3) is 0.182. The molecule has 0 atom stereocenters. The van der Waals surface area contributed by atoms with E-state index in [1.54, 1.807) is 0 Å². The van der Waals surface area contributed by atoms with Crippen molar-refractivity contribution in [3.8, 4) is 0 Å². The molecule has 1 aromatic carbocycles. The first-order chi connectivity index (χ1) is 8.08. The van der Waals surface area contributed by atoms with Crippen molar-refractivity contribution in [2.24, 2.45) is 0 Å². The Labute approximate surface area is 105 Å². The van der Waals surface area contributed by atoms with Gasteiger partial charge in [-0.25, -0.2) is 0 Å². The molecule has 90 valence electrons. The van der Waals surface area contributed by atoms with Gasteiger partial charge < -0.3 is 5.32 Å². The van der Waals surface area contributed by atoms with Crippen molar-refractivity contribution < 1.29 is 9.59 Å². The standard InChI is InChI=1S/C11H13N3O2S/c1-8(15)13-14-11(17)12-10(16)7-9-5-3-2-4-6-9/h2-6H,7H2,1H3,(H,13,15)(H2,12,14,16,17). The lowest BCUT2D eigenvalue weighted by molar-refractivity contribution is -0.120. The van der Waals surface area contributed by atoms with Crippen molar-refractivity contribution in [2.45, 2.75) is 13.3 Å². The highest BCUT2D eigenvalue weighted by Crippen LogP contribution is 1.98. The third-order valence-electron chi connectivity index (χ3n) is 1.81. The molecule has 0 bridgehead atoms. The van der Waals surface area contributed by atoms with Gasteiger partial charge in [0.25, 0.3) is 0 Å². The van der Waals surface area contributed by atoms with E-state index in [0.29, 0.717) is 0 Å². The van der Waals surface area contributed by atoms with Crippen molar-refractivity contribution >= 4 is 29.1 Å². The second-order valence-electron chi connectivity index (χ2n) is 3.35. The number of rotatable bonds is 2. The van der Waals surface area contributed by atoms with Crippen LogP contribution in [0.5, 0.6) is 0 Å². The largest absolute Gasteiger partial charge is 0.302 e. The molecular weight excluding hydrogens is 238 g/mol. The molecular formula is C11H13N3O2S. The molecule has 0 unspecified atom stereocenters. The number of hydrazine groups is 1. The van der Waals surface area contributed by atoms with Gasteiger partial charge in [-0.2, -0.15) is 0 Å². The lowest BCUT2D eigenvalue weighted by atomic mass is 10.1. The van der Waals surface area contributed by atoms with Gasteiger partial charge in [0.2, 0.25) is 11.8 Å². The van der Waals surface area contributed by atoms with E-state index in [2.05, 4.69) is 16.2 Å².